The third kappa shape index (κ3) is 4.81. The van der Waals surface area contributed by atoms with Gasteiger partial charge in [-0.25, -0.2) is 4.98 Å². The van der Waals surface area contributed by atoms with Crippen LogP contribution in [0.25, 0.3) is 0 Å². The van der Waals surface area contributed by atoms with Crippen LogP contribution in [-0.2, 0) is 0 Å². The number of ether oxygens (including phenoxy) is 1. The van der Waals surface area contributed by atoms with Gasteiger partial charge in [-0.15, -0.1) is 11.8 Å². The lowest BCUT2D eigenvalue weighted by Crippen LogP contribution is -2.20. The van der Waals surface area contributed by atoms with E-state index in [0.717, 1.165) is 5.03 Å². The molecule has 1 atom stereocenters. The van der Waals surface area contributed by atoms with Gasteiger partial charge in [-0.1, -0.05) is 12.1 Å². The summed E-state index contributed by atoms with van der Waals surface area (Å²) in [4.78, 5) is 4.18. The first-order valence-electron chi connectivity index (χ1n) is 5.94. The number of aromatic nitrogens is 1. The summed E-state index contributed by atoms with van der Waals surface area (Å²) in [6.07, 6.45) is 1.19. The van der Waals surface area contributed by atoms with Crippen LogP contribution in [0.3, 0.4) is 0 Å². The highest BCUT2D eigenvalue weighted by molar-refractivity contribution is 7.99. The van der Waals surface area contributed by atoms with Crippen molar-refractivity contribution in [2.45, 2.75) is 11.1 Å². The molecule has 1 heterocycles. The van der Waals surface area contributed by atoms with E-state index >= 15 is 0 Å². The highest BCUT2D eigenvalue weighted by atomic mass is 32.2. The first kappa shape index (κ1) is 13.7. The molecule has 0 radical (unpaired) electrons. The monoisotopic (exact) mass is 276 g/mol. The first-order chi connectivity index (χ1) is 9.24. The molecule has 19 heavy (non-hydrogen) atoms. The molecular formula is C14H16N2O2S. The summed E-state index contributed by atoms with van der Waals surface area (Å²) < 4.78 is 5.47. The van der Waals surface area contributed by atoms with Crippen LogP contribution in [0, 0.1) is 0 Å². The number of aliphatic hydroxyl groups is 1. The highest BCUT2D eigenvalue weighted by Crippen LogP contribution is 2.17. The van der Waals surface area contributed by atoms with E-state index in [1.165, 1.54) is 11.8 Å². The number of pyridine rings is 1. The van der Waals surface area contributed by atoms with Crippen LogP contribution in [0.2, 0.25) is 0 Å². The van der Waals surface area contributed by atoms with Crippen molar-refractivity contribution in [3.05, 3.63) is 48.7 Å². The Kier molecular flexibility index (Phi) is 5.06. The summed E-state index contributed by atoms with van der Waals surface area (Å²) in [5.41, 5.74) is 6.29. The minimum absolute atomic E-state index is 0.239. The molecule has 4 nitrogen and oxygen atoms in total. The second kappa shape index (κ2) is 7.01. The Hall–Kier alpha value is -1.72. The molecule has 3 N–H and O–H groups in total. The summed E-state index contributed by atoms with van der Waals surface area (Å²) in [7, 11) is 0. The van der Waals surface area contributed by atoms with Crippen molar-refractivity contribution >= 4 is 17.4 Å². The standard InChI is InChI=1S/C14H16N2O2S/c15-11-4-3-5-13(8-11)18-9-12(17)10-19-14-6-1-2-7-16-14/h1-8,12,17H,9-10,15H2. The molecule has 0 aliphatic heterocycles. The lowest BCUT2D eigenvalue weighted by molar-refractivity contribution is 0.126. The molecule has 0 spiro atoms. The number of benzene rings is 1. The second-order valence-corrected chi connectivity index (χ2v) is 5.06. The minimum atomic E-state index is -0.548. The normalized spacial score (nSPS) is 12.1. The zero-order chi connectivity index (χ0) is 13.5. The number of aliphatic hydroxyl groups excluding tert-OH is 1. The van der Waals surface area contributed by atoms with Gasteiger partial charge in [0.15, 0.2) is 0 Å². The van der Waals surface area contributed by atoms with Crippen molar-refractivity contribution in [2.24, 2.45) is 0 Å². The fourth-order valence-electron chi connectivity index (χ4n) is 1.46. The van der Waals surface area contributed by atoms with Crippen molar-refractivity contribution in [2.75, 3.05) is 18.1 Å². The first-order valence-corrected chi connectivity index (χ1v) is 6.93. The average Bonchev–Trinajstić information content (AvgIpc) is 2.44. The third-order valence-electron chi connectivity index (χ3n) is 2.36. The van der Waals surface area contributed by atoms with Gasteiger partial charge < -0.3 is 15.6 Å². The maximum atomic E-state index is 9.84. The Labute approximate surface area is 116 Å². The SMILES string of the molecule is Nc1cccc(OCC(O)CSc2ccccn2)c1. The fourth-order valence-corrected chi connectivity index (χ4v) is 2.23. The smallest absolute Gasteiger partial charge is 0.121 e. The van der Waals surface area contributed by atoms with Gasteiger partial charge in [0, 0.05) is 23.7 Å². The lowest BCUT2D eigenvalue weighted by atomic mass is 10.3. The van der Waals surface area contributed by atoms with Crippen LogP contribution < -0.4 is 10.5 Å². The average molecular weight is 276 g/mol. The number of nitrogen functional groups attached to an aromatic ring is 1. The van der Waals surface area contributed by atoms with Gasteiger partial charge in [0.25, 0.3) is 0 Å². The van der Waals surface area contributed by atoms with Crippen molar-refractivity contribution in [3.63, 3.8) is 0 Å². The Morgan fingerprint density at radius 3 is 2.89 bits per heavy atom. The predicted molar refractivity (Wildman–Crippen MR) is 77.3 cm³/mol. The Morgan fingerprint density at radius 2 is 2.16 bits per heavy atom. The van der Waals surface area contributed by atoms with Crippen LogP contribution in [0.5, 0.6) is 5.75 Å². The Morgan fingerprint density at radius 1 is 1.26 bits per heavy atom. The maximum Gasteiger partial charge on any atom is 0.121 e. The number of thioether (sulfide) groups is 1. The van der Waals surface area contributed by atoms with Gasteiger partial charge in [-0.05, 0) is 24.3 Å². The molecule has 0 bridgehead atoms. The van der Waals surface area contributed by atoms with E-state index in [2.05, 4.69) is 4.98 Å². The molecule has 0 amide bonds. The quantitative estimate of drug-likeness (QED) is 0.625. The maximum absolute atomic E-state index is 9.84. The van der Waals surface area contributed by atoms with Gasteiger partial charge in [0.1, 0.15) is 12.4 Å². The molecule has 2 rings (SSSR count). The number of rotatable bonds is 6. The van der Waals surface area contributed by atoms with Gasteiger partial charge in [-0.3, -0.25) is 0 Å². The van der Waals surface area contributed by atoms with Crippen LogP contribution in [0.15, 0.2) is 53.7 Å². The minimum Gasteiger partial charge on any atom is -0.491 e. The van der Waals surface area contributed by atoms with Crippen LogP contribution in [-0.4, -0.2) is 28.6 Å². The van der Waals surface area contributed by atoms with Crippen molar-refractivity contribution in [1.29, 1.82) is 0 Å². The molecule has 100 valence electrons. The summed E-state index contributed by atoms with van der Waals surface area (Å²) in [5.74, 6) is 1.21. The van der Waals surface area contributed by atoms with E-state index in [1.807, 2.05) is 30.3 Å². The summed E-state index contributed by atoms with van der Waals surface area (Å²) in [5, 5.41) is 10.7. The number of nitrogens with two attached hydrogens (primary N) is 1. The highest BCUT2D eigenvalue weighted by Gasteiger charge is 2.07. The zero-order valence-corrected chi connectivity index (χ0v) is 11.2. The predicted octanol–water partition coefficient (Wildman–Crippen LogP) is 2.20. The molecule has 0 aliphatic rings. The molecule has 1 aromatic carbocycles. The molecular weight excluding hydrogens is 260 g/mol. The van der Waals surface area contributed by atoms with Gasteiger partial charge >= 0.3 is 0 Å². The van der Waals surface area contributed by atoms with E-state index in [1.54, 1.807) is 18.3 Å². The molecule has 0 aliphatic carbocycles. The van der Waals surface area contributed by atoms with E-state index < -0.39 is 6.10 Å². The molecule has 0 saturated heterocycles. The molecule has 2 aromatic rings. The number of nitrogens with zero attached hydrogens (tertiary/aromatic N) is 1. The summed E-state index contributed by atoms with van der Waals surface area (Å²) >= 11 is 1.50. The molecule has 5 heteroatoms. The summed E-state index contributed by atoms with van der Waals surface area (Å²) in [6, 6.07) is 12.9. The zero-order valence-electron chi connectivity index (χ0n) is 10.4. The van der Waals surface area contributed by atoms with Crippen LogP contribution >= 0.6 is 11.8 Å². The number of anilines is 1. The van der Waals surface area contributed by atoms with Crippen LogP contribution in [0.4, 0.5) is 5.69 Å². The topological polar surface area (TPSA) is 68.4 Å². The Balaban J connectivity index is 1.74. The van der Waals surface area contributed by atoms with Crippen molar-refractivity contribution < 1.29 is 9.84 Å². The number of hydrogen-bond acceptors (Lipinski definition) is 5. The largest absolute Gasteiger partial charge is 0.491 e. The molecule has 1 unspecified atom stereocenters. The van der Waals surface area contributed by atoms with E-state index in [0.29, 0.717) is 17.2 Å². The Bertz CT molecular complexity index is 508. The van der Waals surface area contributed by atoms with Gasteiger partial charge in [-0.2, -0.15) is 0 Å². The fraction of sp³-hybridized carbons (Fsp3) is 0.214. The van der Waals surface area contributed by atoms with Crippen LogP contribution in [0.1, 0.15) is 0 Å². The van der Waals surface area contributed by atoms with E-state index in [-0.39, 0.29) is 6.61 Å². The van der Waals surface area contributed by atoms with Gasteiger partial charge in [0.05, 0.1) is 11.1 Å². The number of hydrogen-bond donors (Lipinski definition) is 2. The third-order valence-corrected chi connectivity index (χ3v) is 3.45. The van der Waals surface area contributed by atoms with Crippen molar-refractivity contribution in [1.82, 2.24) is 4.98 Å². The second-order valence-electron chi connectivity index (χ2n) is 4.02. The van der Waals surface area contributed by atoms with Crippen molar-refractivity contribution in [3.8, 4) is 5.75 Å². The molecule has 1 aromatic heterocycles. The molecule has 0 fully saturated rings. The van der Waals surface area contributed by atoms with E-state index in [4.69, 9.17) is 10.5 Å². The molecule has 0 saturated carbocycles. The summed E-state index contributed by atoms with van der Waals surface area (Å²) in [6.45, 7) is 0.239. The lowest BCUT2D eigenvalue weighted by Gasteiger charge is -2.12. The van der Waals surface area contributed by atoms with Gasteiger partial charge in [0.2, 0.25) is 0 Å². The van der Waals surface area contributed by atoms with E-state index in [9.17, 15) is 5.11 Å².